The Bertz CT molecular complexity index is 1540. The molecule has 3 aromatic rings. The Morgan fingerprint density at radius 3 is 2.52 bits per heavy atom. The van der Waals surface area contributed by atoms with Crippen LogP contribution in [0.4, 0.5) is 26.0 Å². The van der Waals surface area contributed by atoms with Crippen LogP contribution in [0.15, 0.2) is 54.9 Å². The van der Waals surface area contributed by atoms with Crippen molar-refractivity contribution in [1.82, 2.24) is 15.3 Å². The first-order valence-electron chi connectivity index (χ1n) is 13.7. The number of amides is 2. The van der Waals surface area contributed by atoms with Gasteiger partial charge in [-0.2, -0.15) is 0 Å². The van der Waals surface area contributed by atoms with E-state index in [2.05, 4.69) is 15.3 Å². The van der Waals surface area contributed by atoms with Gasteiger partial charge in [0, 0.05) is 43.6 Å². The first kappa shape index (κ1) is 28.0. The number of nitrogens with one attached hydrogen (secondary N) is 1. The van der Waals surface area contributed by atoms with Crippen molar-refractivity contribution in [2.24, 2.45) is 5.92 Å². The van der Waals surface area contributed by atoms with E-state index >= 15 is 0 Å². The fraction of sp³-hybridized carbons (Fsp3) is 0.379. The predicted molar refractivity (Wildman–Crippen MR) is 151 cm³/mol. The van der Waals surface area contributed by atoms with Gasteiger partial charge < -0.3 is 15.1 Å². The first-order valence-corrected chi connectivity index (χ1v) is 14.1. The molecule has 3 aliphatic rings. The van der Waals surface area contributed by atoms with Crippen LogP contribution in [0, 0.1) is 16.0 Å². The van der Waals surface area contributed by atoms with Gasteiger partial charge in [-0.05, 0) is 55.4 Å². The molecule has 1 aliphatic carbocycles. The summed E-state index contributed by atoms with van der Waals surface area (Å²) in [6.07, 6.45) is 2.26. The van der Waals surface area contributed by atoms with E-state index in [-0.39, 0.29) is 34.1 Å². The van der Waals surface area contributed by atoms with E-state index in [1.54, 1.807) is 6.07 Å². The molecule has 2 amide bonds. The minimum atomic E-state index is -2.89. The number of hydrogen-bond donors (Lipinski definition) is 1. The third kappa shape index (κ3) is 4.93. The number of nitro groups is 1. The molecule has 4 heterocycles. The Labute approximate surface area is 244 Å². The average molecular weight is 597 g/mol. The van der Waals surface area contributed by atoms with Crippen molar-refractivity contribution in [3.8, 4) is 0 Å². The second kappa shape index (κ2) is 10.9. The number of anilines is 2. The summed E-state index contributed by atoms with van der Waals surface area (Å²) < 4.78 is 26.7. The SMILES string of the molecule is O=C(N[C@H]1CC[C@H](CN2C(=O)C3(CN(c4ccc([N+](=O)[O-])cn4)C3)c3ccccc32)CC1)c1cc(Cl)cnc1C(F)F. The molecule has 1 spiro atoms. The predicted octanol–water partition coefficient (Wildman–Crippen LogP) is 5.07. The molecule has 13 heteroatoms. The monoisotopic (exact) mass is 596 g/mol. The highest BCUT2D eigenvalue weighted by Crippen LogP contribution is 2.49. The van der Waals surface area contributed by atoms with Gasteiger partial charge in [0.25, 0.3) is 18.0 Å². The standard InChI is InChI=1S/C29H27ClF2N6O4/c30-18-11-21(25(26(31)32)34-12-18)27(39)35-19-7-5-17(6-8-19)14-37-23-4-2-1-3-22(23)29(28(37)40)15-36(16-29)24-10-9-20(13-33-24)38(41)42/h1-4,9-13,17,19,26H,5-8,14-16H2,(H,35,39)/t17-,19-. The van der Waals surface area contributed by atoms with Crippen LogP contribution in [-0.4, -0.2) is 52.4 Å². The van der Waals surface area contributed by atoms with Crippen molar-refractivity contribution >= 4 is 40.6 Å². The lowest BCUT2D eigenvalue weighted by Crippen LogP contribution is -2.64. The molecule has 0 bridgehead atoms. The summed E-state index contributed by atoms with van der Waals surface area (Å²) in [7, 11) is 0. The highest BCUT2D eigenvalue weighted by Gasteiger charge is 2.58. The van der Waals surface area contributed by atoms with E-state index < -0.39 is 28.4 Å². The number of nitrogens with zero attached hydrogens (tertiary/aromatic N) is 5. The van der Waals surface area contributed by atoms with Gasteiger partial charge in [-0.15, -0.1) is 0 Å². The molecule has 0 atom stereocenters. The number of halogens is 3. The van der Waals surface area contributed by atoms with Crippen molar-refractivity contribution in [3.05, 3.63) is 86.8 Å². The lowest BCUT2D eigenvalue weighted by molar-refractivity contribution is -0.385. The Balaban J connectivity index is 1.09. The van der Waals surface area contributed by atoms with Gasteiger partial charge in [0.05, 0.1) is 15.5 Å². The second-order valence-electron chi connectivity index (χ2n) is 11.1. The van der Waals surface area contributed by atoms with E-state index in [0.29, 0.717) is 38.3 Å². The number of aromatic nitrogens is 2. The Kier molecular flexibility index (Phi) is 7.25. The van der Waals surface area contributed by atoms with Gasteiger partial charge in [-0.1, -0.05) is 29.8 Å². The van der Waals surface area contributed by atoms with Gasteiger partial charge in [0.1, 0.15) is 23.1 Å². The fourth-order valence-electron chi connectivity index (χ4n) is 6.34. The zero-order valence-electron chi connectivity index (χ0n) is 22.4. The molecule has 1 saturated carbocycles. The zero-order valence-corrected chi connectivity index (χ0v) is 23.1. The van der Waals surface area contributed by atoms with Gasteiger partial charge in [-0.25, -0.2) is 13.8 Å². The molecule has 1 N–H and O–H groups in total. The van der Waals surface area contributed by atoms with E-state index in [4.69, 9.17) is 11.6 Å². The summed E-state index contributed by atoms with van der Waals surface area (Å²) in [5.74, 6) is 0.212. The van der Waals surface area contributed by atoms with Crippen molar-refractivity contribution in [3.63, 3.8) is 0 Å². The average Bonchev–Trinajstić information content (AvgIpc) is 3.20. The number of hydrogen-bond acceptors (Lipinski definition) is 7. The number of benzene rings is 1. The van der Waals surface area contributed by atoms with Crippen LogP contribution in [0.1, 0.15) is 53.7 Å². The molecule has 1 aromatic carbocycles. The molecule has 218 valence electrons. The molecule has 0 radical (unpaired) electrons. The number of pyridine rings is 2. The summed E-state index contributed by atoms with van der Waals surface area (Å²) >= 11 is 5.90. The minimum Gasteiger partial charge on any atom is -0.354 e. The van der Waals surface area contributed by atoms with Crippen molar-refractivity contribution < 1.29 is 23.3 Å². The van der Waals surface area contributed by atoms with Crippen molar-refractivity contribution in [2.45, 2.75) is 43.6 Å². The lowest BCUT2D eigenvalue weighted by atomic mass is 9.74. The molecule has 2 aliphatic heterocycles. The second-order valence-corrected chi connectivity index (χ2v) is 11.5. The summed E-state index contributed by atoms with van der Waals surface area (Å²) in [5, 5.41) is 13.9. The Morgan fingerprint density at radius 2 is 1.86 bits per heavy atom. The molecule has 2 aromatic heterocycles. The van der Waals surface area contributed by atoms with Crippen LogP contribution in [0.3, 0.4) is 0 Å². The highest BCUT2D eigenvalue weighted by molar-refractivity contribution is 6.30. The maximum atomic E-state index is 13.9. The highest BCUT2D eigenvalue weighted by atomic mass is 35.5. The van der Waals surface area contributed by atoms with E-state index in [1.807, 2.05) is 34.1 Å². The minimum absolute atomic E-state index is 0.0327. The number of fused-ring (bicyclic) bond motifs is 2. The van der Waals surface area contributed by atoms with Crippen LogP contribution >= 0.6 is 11.6 Å². The Morgan fingerprint density at radius 1 is 1.12 bits per heavy atom. The fourth-order valence-corrected chi connectivity index (χ4v) is 6.50. The van der Waals surface area contributed by atoms with E-state index in [1.165, 1.54) is 18.3 Å². The van der Waals surface area contributed by atoms with Crippen LogP contribution in [0.2, 0.25) is 5.02 Å². The number of carbonyl (C=O) groups excluding carboxylic acids is 2. The summed E-state index contributed by atoms with van der Waals surface area (Å²) in [5.41, 5.74) is 0.267. The molecule has 42 heavy (non-hydrogen) atoms. The van der Waals surface area contributed by atoms with Gasteiger partial charge in [-0.3, -0.25) is 24.7 Å². The van der Waals surface area contributed by atoms with Crippen LogP contribution in [0.5, 0.6) is 0 Å². The van der Waals surface area contributed by atoms with E-state index in [9.17, 15) is 28.5 Å². The van der Waals surface area contributed by atoms with Gasteiger partial charge in [0.2, 0.25) is 5.91 Å². The molecule has 10 nitrogen and oxygen atoms in total. The largest absolute Gasteiger partial charge is 0.354 e. The third-order valence-corrected chi connectivity index (χ3v) is 8.72. The van der Waals surface area contributed by atoms with E-state index in [0.717, 1.165) is 30.3 Å². The number of rotatable bonds is 7. The molecular formula is C29H27ClF2N6O4. The van der Waals surface area contributed by atoms with Crippen molar-refractivity contribution in [1.29, 1.82) is 0 Å². The summed E-state index contributed by atoms with van der Waals surface area (Å²) in [6.45, 7) is 1.41. The van der Waals surface area contributed by atoms with Gasteiger partial charge in [0.15, 0.2) is 0 Å². The molecule has 1 saturated heterocycles. The third-order valence-electron chi connectivity index (χ3n) is 8.51. The number of alkyl halides is 2. The smallest absolute Gasteiger partial charge is 0.287 e. The quantitative estimate of drug-likeness (QED) is 0.298. The number of carbonyl (C=O) groups is 2. The van der Waals surface area contributed by atoms with Crippen LogP contribution < -0.4 is 15.1 Å². The summed E-state index contributed by atoms with van der Waals surface area (Å²) in [6, 6.07) is 11.8. The first-order chi connectivity index (χ1) is 20.2. The molecule has 6 rings (SSSR count). The van der Waals surface area contributed by atoms with Gasteiger partial charge >= 0.3 is 0 Å². The lowest BCUT2D eigenvalue weighted by Gasteiger charge is -2.47. The van der Waals surface area contributed by atoms with Crippen molar-refractivity contribution in [2.75, 3.05) is 29.4 Å². The topological polar surface area (TPSA) is 122 Å². The molecule has 2 fully saturated rings. The van der Waals surface area contributed by atoms with Crippen LogP contribution in [0.25, 0.3) is 0 Å². The number of para-hydroxylation sites is 1. The summed E-state index contributed by atoms with van der Waals surface area (Å²) in [4.78, 5) is 48.8. The maximum Gasteiger partial charge on any atom is 0.287 e. The Hall–Kier alpha value is -4.19. The zero-order chi connectivity index (χ0) is 29.6. The molecular weight excluding hydrogens is 570 g/mol. The molecule has 0 unspecified atom stereocenters. The van der Waals surface area contributed by atoms with Crippen LogP contribution in [-0.2, 0) is 10.2 Å². The maximum absolute atomic E-state index is 13.9. The normalized spacial score (nSPS) is 20.9.